The van der Waals surface area contributed by atoms with Gasteiger partial charge in [0.25, 0.3) is 0 Å². The molecule has 0 radical (unpaired) electrons. The van der Waals surface area contributed by atoms with Crippen molar-refractivity contribution in [2.45, 2.75) is 46.1 Å². The summed E-state index contributed by atoms with van der Waals surface area (Å²) in [5.41, 5.74) is 0.0297. The number of ether oxygens (including phenoxy) is 2. The molecular weight excluding hydrogens is 282 g/mol. The summed E-state index contributed by atoms with van der Waals surface area (Å²) in [6.45, 7) is 7.74. The Morgan fingerprint density at radius 2 is 2.05 bits per heavy atom. The van der Waals surface area contributed by atoms with Crippen LogP contribution in [0.15, 0.2) is 12.3 Å². The lowest BCUT2D eigenvalue weighted by molar-refractivity contribution is -0.134. The van der Waals surface area contributed by atoms with Crippen LogP contribution in [0.3, 0.4) is 0 Å². The van der Waals surface area contributed by atoms with Crippen LogP contribution in [0.5, 0.6) is 11.9 Å². The highest BCUT2D eigenvalue weighted by atomic mass is 16.5. The molecule has 0 spiro atoms. The summed E-state index contributed by atoms with van der Waals surface area (Å²) in [5, 5.41) is 0. The van der Waals surface area contributed by atoms with Crippen LogP contribution in [0.2, 0.25) is 0 Å². The van der Waals surface area contributed by atoms with Crippen LogP contribution in [-0.2, 0) is 4.79 Å². The zero-order valence-corrected chi connectivity index (χ0v) is 13.8. The summed E-state index contributed by atoms with van der Waals surface area (Å²) >= 11 is 0. The number of rotatable bonds is 4. The van der Waals surface area contributed by atoms with Crippen LogP contribution in [0.25, 0.3) is 0 Å². The summed E-state index contributed by atoms with van der Waals surface area (Å²) in [4.78, 5) is 22.3. The van der Waals surface area contributed by atoms with Gasteiger partial charge in [0.15, 0.2) is 0 Å². The summed E-state index contributed by atoms with van der Waals surface area (Å²) in [7, 11) is 1.53. The third-order valence-corrected chi connectivity index (χ3v) is 3.55. The topological polar surface area (TPSA) is 64.6 Å². The van der Waals surface area contributed by atoms with E-state index in [9.17, 15) is 4.79 Å². The van der Waals surface area contributed by atoms with Gasteiger partial charge >= 0.3 is 6.01 Å². The van der Waals surface area contributed by atoms with E-state index in [1.807, 2.05) is 4.90 Å². The molecular formula is C16H25N3O3. The molecule has 6 heteroatoms. The molecule has 1 aromatic heterocycles. The van der Waals surface area contributed by atoms with Crippen molar-refractivity contribution in [2.75, 3.05) is 20.2 Å². The molecule has 122 valence electrons. The van der Waals surface area contributed by atoms with Crippen molar-refractivity contribution in [3.8, 4) is 11.9 Å². The van der Waals surface area contributed by atoms with Gasteiger partial charge in [-0.25, -0.2) is 4.98 Å². The van der Waals surface area contributed by atoms with Gasteiger partial charge in [0.2, 0.25) is 11.8 Å². The molecule has 2 heterocycles. The molecule has 1 saturated heterocycles. The smallest absolute Gasteiger partial charge is 0.319 e. The second-order valence-electron chi connectivity index (χ2n) is 6.82. The fourth-order valence-corrected chi connectivity index (χ4v) is 2.45. The second kappa shape index (κ2) is 6.94. The standard InChI is InChI=1S/C16H25N3O3/c1-16(2,3)11-14(20)19-9-6-12(7-10-19)22-13-5-8-17-15(18-13)21-4/h5,8,12H,6-7,9-11H2,1-4H3. The van der Waals surface area contributed by atoms with Gasteiger partial charge in [0.1, 0.15) is 6.10 Å². The van der Waals surface area contributed by atoms with E-state index < -0.39 is 0 Å². The van der Waals surface area contributed by atoms with E-state index in [2.05, 4.69) is 30.7 Å². The van der Waals surface area contributed by atoms with E-state index in [-0.39, 0.29) is 17.4 Å². The monoisotopic (exact) mass is 307 g/mol. The lowest BCUT2D eigenvalue weighted by Crippen LogP contribution is -2.42. The quantitative estimate of drug-likeness (QED) is 0.854. The third-order valence-electron chi connectivity index (χ3n) is 3.55. The Balaban J connectivity index is 1.83. The molecule has 0 saturated carbocycles. The number of nitrogens with zero attached hydrogens (tertiary/aromatic N) is 3. The first-order valence-electron chi connectivity index (χ1n) is 7.69. The summed E-state index contributed by atoms with van der Waals surface area (Å²) in [5.74, 6) is 0.751. The largest absolute Gasteiger partial charge is 0.474 e. The number of carbonyl (C=O) groups is 1. The van der Waals surface area contributed by atoms with E-state index in [4.69, 9.17) is 9.47 Å². The molecule has 0 atom stereocenters. The summed E-state index contributed by atoms with van der Waals surface area (Å²) < 4.78 is 10.8. The maximum Gasteiger partial charge on any atom is 0.319 e. The average Bonchev–Trinajstić information content (AvgIpc) is 2.46. The van der Waals surface area contributed by atoms with E-state index in [0.717, 1.165) is 25.9 Å². The van der Waals surface area contributed by atoms with Crippen molar-refractivity contribution in [3.05, 3.63) is 12.3 Å². The SMILES string of the molecule is COc1nccc(OC2CCN(C(=O)CC(C)(C)C)CC2)n1. The summed E-state index contributed by atoms with van der Waals surface area (Å²) in [6, 6.07) is 2.02. The maximum atomic E-state index is 12.2. The fraction of sp³-hybridized carbons (Fsp3) is 0.688. The molecule has 0 N–H and O–H groups in total. The van der Waals surface area contributed by atoms with Crippen LogP contribution < -0.4 is 9.47 Å². The Morgan fingerprint density at radius 3 is 2.64 bits per heavy atom. The lowest BCUT2D eigenvalue weighted by atomic mass is 9.91. The van der Waals surface area contributed by atoms with Gasteiger partial charge in [-0.2, -0.15) is 4.98 Å². The zero-order chi connectivity index (χ0) is 16.2. The Hall–Kier alpha value is -1.85. The highest BCUT2D eigenvalue weighted by molar-refractivity contribution is 5.76. The molecule has 1 aliphatic heterocycles. The number of piperidine rings is 1. The highest BCUT2D eigenvalue weighted by Gasteiger charge is 2.26. The number of likely N-dealkylation sites (tertiary alicyclic amines) is 1. The molecule has 1 fully saturated rings. The van der Waals surface area contributed by atoms with Crippen molar-refractivity contribution in [3.63, 3.8) is 0 Å². The Labute approximate surface area is 131 Å². The van der Waals surface area contributed by atoms with Crippen molar-refractivity contribution >= 4 is 5.91 Å². The highest BCUT2D eigenvalue weighted by Crippen LogP contribution is 2.23. The maximum absolute atomic E-state index is 12.2. The second-order valence-corrected chi connectivity index (χ2v) is 6.82. The average molecular weight is 307 g/mol. The first-order chi connectivity index (χ1) is 10.4. The lowest BCUT2D eigenvalue weighted by Gasteiger charge is -2.33. The van der Waals surface area contributed by atoms with E-state index in [1.165, 1.54) is 7.11 Å². The molecule has 0 unspecified atom stereocenters. The molecule has 1 amide bonds. The number of aromatic nitrogens is 2. The number of carbonyl (C=O) groups excluding carboxylic acids is 1. The minimum Gasteiger partial charge on any atom is -0.474 e. The van der Waals surface area contributed by atoms with Crippen molar-refractivity contribution in [2.24, 2.45) is 5.41 Å². The van der Waals surface area contributed by atoms with Gasteiger partial charge in [-0.3, -0.25) is 4.79 Å². The van der Waals surface area contributed by atoms with Crippen molar-refractivity contribution in [1.29, 1.82) is 0 Å². The molecule has 22 heavy (non-hydrogen) atoms. The first kappa shape index (κ1) is 16.5. The van der Waals surface area contributed by atoms with Crippen LogP contribution in [-0.4, -0.2) is 47.1 Å². The van der Waals surface area contributed by atoms with Crippen molar-refractivity contribution < 1.29 is 14.3 Å². The van der Waals surface area contributed by atoms with Gasteiger partial charge in [0.05, 0.1) is 7.11 Å². The molecule has 0 bridgehead atoms. The van der Waals surface area contributed by atoms with Crippen LogP contribution in [0.4, 0.5) is 0 Å². The van der Waals surface area contributed by atoms with Gasteiger partial charge in [-0.05, 0) is 5.41 Å². The number of hydrogen-bond acceptors (Lipinski definition) is 5. The van der Waals surface area contributed by atoms with Crippen LogP contribution in [0, 0.1) is 5.41 Å². The van der Waals surface area contributed by atoms with Crippen LogP contribution >= 0.6 is 0 Å². The molecule has 0 aliphatic carbocycles. The molecule has 2 rings (SSSR count). The van der Waals surface area contributed by atoms with Gasteiger partial charge < -0.3 is 14.4 Å². The van der Waals surface area contributed by atoms with Gasteiger partial charge in [-0.1, -0.05) is 20.8 Å². The predicted octanol–water partition coefficient (Wildman–Crippen LogP) is 2.29. The molecule has 6 nitrogen and oxygen atoms in total. The predicted molar refractivity (Wildman–Crippen MR) is 82.9 cm³/mol. The Bertz CT molecular complexity index is 506. The molecule has 0 aromatic carbocycles. The summed E-state index contributed by atoms with van der Waals surface area (Å²) in [6.07, 6.45) is 3.92. The van der Waals surface area contributed by atoms with E-state index >= 15 is 0 Å². The Morgan fingerprint density at radius 1 is 1.36 bits per heavy atom. The van der Waals surface area contributed by atoms with Crippen LogP contribution in [0.1, 0.15) is 40.0 Å². The number of methoxy groups -OCH3 is 1. The van der Waals surface area contributed by atoms with Gasteiger partial charge in [-0.15, -0.1) is 0 Å². The molecule has 1 aromatic rings. The minimum absolute atomic E-state index is 0.0297. The number of amides is 1. The Kier molecular flexibility index (Phi) is 5.21. The third kappa shape index (κ3) is 4.86. The molecule has 1 aliphatic rings. The van der Waals surface area contributed by atoms with E-state index in [0.29, 0.717) is 18.3 Å². The van der Waals surface area contributed by atoms with E-state index in [1.54, 1.807) is 12.3 Å². The zero-order valence-electron chi connectivity index (χ0n) is 13.8. The minimum atomic E-state index is 0.0297. The van der Waals surface area contributed by atoms with Gasteiger partial charge in [0, 0.05) is 44.6 Å². The normalized spacial score (nSPS) is 16.5. The fourth-order valence-electron chi connectivity index (χ4n) is 2.45. The number of hydrogen-bond donors (Lipinski definition) is 0. The first-order valence-corrected chi connectivity index (χ1v) is 7.69. The van der Waals surface area contributed by atoms with Crippen molar-refractivity contribution in [1.82, 2.24) is 14.9 Å².